The molecule has 0 amide bonds. The van der Waals surface area contributed by atoms with Crippen molar-refractivity contribution in [1.29, 1.82) is 0 Å². The van der Waals surface area contributed by atoms with E-state index in [1.54, 1.807) is 6.92 Å². The summed E-state index contributed by atoms with van der Waals surface area (Å²) >= 11 is 0. The van der Waals surface area contributed by atoms with Crippen LogP contribution in [0.5, 0.6) is 0 Å². The molecular formula is C6H11O6P. The van der Waals surface area contributed by atoms with Crippen LogP contribution in [0.3, 0.4) is 0 Å². The Morgan fingerprint density at radius 1 is 1.62 bits per heavy atom. The number of phosphoric ester groups is 1. The Hall–Kier alpha value is -0.680. The molecule has 0 aromatic heterocycles. The van der Waals surface area contributed by atoms with Gasteiger partial charge in [0.1, 0.15) is 0 Å². The van der Waals surface area contributed by atoms with Gasteiger partial charge in [0.05, 0.1) is 6.61 Å². The van der Waals surface area contributed by atoms with Crippen molar-refractivity contribution >= 4 is 13.8 Å². The van der Waals surface area contributed by atoms with Gasteiger partial charge >= 0.3 is 13.8 Å². The van der Waals surface area contributed by atoms with Crippen LogP contribution in [0.4, 0.5) is 0 Å². The van der Waals surface area contributed by atoms with Crippen molar-refractivity contribution in [3.63, 3.8) is 0 Å². The van der Waals surface area contributed by atoms with Gasteiger partial charge in [-0.1, -0.05) is 10.8 Å². The predicted octanol–water partition coefficient (Wildman–Crippen LogP) is 1.17. The monoisotopic (exact) mass is 210 g/mol. The van der Waals surface area contributed by atoms with Gasteiger partial charge in [-0.15, -0.1) is 0 Å². The lowest BCUT2D eigenvalue weighted by molar-refractivity contribution is -0.217. The molecule has 0 aliphatic carbocycles. The second-order valence-electron chi connectivity index (χ2n) is 1.86. The average Bonchev–Trinajstić information content (AvgIpc) is 2.02. The quantitative estimate of drug-likeness (QED) is 0.317. The molecule has 1 unspecified atom stereocenters. The first-order valence-corrected chi connectivity index (χ1v) is 5.01. The van der Waals surface area contributed by atoms with E-state index >= 15 is 0 Å². The normalized spacial score (nSPS) is 15.6. The second-order valence-corrected chi connectivity index (χ2v) is 3.21. The van der Waals surface area contributed by atoms with E-state index in [-0.39, 0.29) is 6.61 Å². The highest BCUT2D eigenvalue weighted by molar-refractivity contribution is 7.47. The van der Waals surface area contributed by atoms with Crippen LogP contribution in [0.1, 0.15) is 13.8 Å². The highest BCUT2D eigenvalue weighted by atomic mass is 31.2. The van der Waals surface area contributed by atoms with Gasteiger partial charge in [0.15, 0.2) is 0 Å². The highest BCUT2D eigenvalue weighted by Crippen LogP contribution is 2.43. The summed E-state index contributed by atoms with van der Waals surface area (Å²) in [5, 5.41) is 0. The molecule has 0 bridgehead atoms. The zero-order valence-corrected chi connectivity index (χ0v) is 8.19. The molecule has 0 aromatic rings. The minimum absolute atomic E-state index is 0.0189. The van der Waals surface area contributed by atoms with Crippen molar-refractivity contribution in [2.24, 2.45) is 0 Å². The second kappa shape index (κ2) is 5.88. The third-order valence-electron chi connectivity index (χ3n) is 0.809. The van der Waals surface area contributed by atoms with Gasteiger partial charge in [0, 0.05) is 6.08 Å². The lowest BCUT2D eigenvalue weighted by Crippen LogP contribution is -2.02. The third kappa shape index (κ3) is 6.48. The Balaban J connectivity index is 3.87. The molecule has 0 radical (unpaired) electrons. The summed E-state index contributed by atoms with van der Waals surface area (Å²) in [5.41, 5.74) is 0. The molecule has 76 valence electrons. The molecule has 0 spiro atoms. The van der Waals surface area contributed by atoms with Gasteiger partial charge in [-0.2, -0.15) is 0 Å². The maximum atomic E-state index is 10.7. The number of carbonyl (C=O) groups is 1. The Morgan fingerprint density at radius 3 is 2.69 bits per heavy atom. The summed E-state index contributed by atoms with van der Waals surface area (Å²) in [4.78, 5) is 23.2. The lowest BCUT2D eigenvalue weighted by atomic mass is 10.5. The number of carbonyl (C=O) groups excluding carboxylic acids is 1. The smallest absolute Gasteiger partial charge is 0.300 e. The van der Waals surface area contributed by atoms with Crippen LogP contribution in [0, 0.1) is 0 Å². The minimum Gasteiger partial charge on any atom is -0.300 e. The van der Waals surface area contributed by atoms with E-state index in [0.717, 1.165) is 6.08 Å². The standard InChI is InChI=1S/C6H11O6P/c1-3-5-6(7)11-12-13(8,9)10-4-2/h3,5H,4H2,1-2H3,(H,8,9). The van der Waals surface area contributed by atoms with Crippen molar-refractivity contribution in [2.75, 3.05) is 6.61 Å². The summed E-state index contributed by atoms with van der Waals surface area (Å²) in [6.45, 7) is 3.07. The van der Waals surface area contributed by atoms with Crippen molar-refractivity contribution in [1.82, 2.24) is 0 Å². The molecule has 0 heterocycles. The van der Waals surface area contributed by atoms with Crippen molar-refractivity contribution in [3.8, 4) is 0 Å². The summed E-state index contributed by atoms with van der Waals surface area (Å²) < 4.78 is 18.9. The van der Waals surface area contributed by atoms with Crippen LogP contribution < -0.4 is 0 Å². The fourth-order valence-electron chi connectivity index (χ4n) is 0.432. The van der Waals surface area contributed by atoms with Gasteiger partial charge in [-0.25, -0.2) is 9.36 Å². The van der Waals surface area contributed by atoms with Crippen LogP contribution in [-0.4, -0.2) is 17.5 Å². The zero-order valence-electron chi connectivity index (χ0n) is 7.30. The minimum atomic E-state index is -4.25. The molecule has 1 N–H and O–H groups in total. The Bertz CT molecular complexity index is 235. The third-order valence-corrected chi connectivity index (χ3v) is 1.66. The van der Waals surface area contributed by atoms with Gasteiger partial charge in [-0.3, -0.25) is 9.41 Å². The molecule has 0 fully saturated rings. The van der Waals surface area contributed by atoms with Crippen molar-refractivity contribution in [2.45, 2.75) is 13.8 Å². The Kier molecular flexibility index (Phi) is 5.57. The Morgan fingerprint density at radius 2 is 2.23 bits per heavy atom. The van der Waals surface area contributed by atoms with Gasteiger partial charge in [0.2, 0.25) is 0 Å². The van der Waals surface area contributed by atoms with Crippen molar-refractivity contribution in [3.05, 3.63) is 12.2 Å². The molecule has 13 heavy (non-hydrogen) atoms. The lowest BCUT2D eigenvalue weighted by Gasteiger charge is -2.07. The van der Waals surface area contributed by atoms with E-state index in [1.807, 2.05) is 0 Å². The van der Waals surface area contributed by atoms with E-state index in [9.17, 15) is 9.36 Å². The average molecular weight is 210 g/mol. The molecule has 1 atom stereocenters. The van der Waals surface area contributed by atoms with E-state index in [0.29, 0.717) is 0 Å². The zero-order chi connectivity index (χ0) is 10.3. The first kappa shape index (κ1) is 12.3. The largest absolute Gasteiger partial charge is 0.508 e. The van der Waals surface area contributed by atoms with E-state index in [1.165, 1.54) is 13.0 Å². The van der Waals surface area contributed by atoms with Crippen LogP contribution in [0.15, 0.2) is 12.2 Å². The number of rotatable bonds is 5. The number of allylic oxidation sites excluding steroid dienone is 1. The van der Waals surface area contributed by atoms with Crippen LogP contribution in [0.25, 0.3) is 0 Å². The maximum Gasteiger partial charge on any atom is 0.508 e. The first-order chi connectivity index (χ1) is 6.02. The topological polar surface area (TPSA) is 82.1 Å². The summed E-state index contributed by atoms with van der Waals surface area (Å²) in [6.07, 6.45) is 2.43. The van der Waals surface area contributed by atoms with E-state index in [2.05, 4.69) is 14.1 Å². The van der Waals surface area contributed by atoms with E-state index in [4.69, 9.17) is 4.89 Å². The van der Waals surface area contributed by atoms with Gasteiger partial charge in [0.25, 0.3) is 0 Å². The van der Waals surface area contributed by atoms with Crippen LogP contribution in [0.2, 0.25) is 0 Å². The molecule has 0 aliphatic rings. The molecule has 0 saturated heterocycles. The molecule has 0 aromatic carbocycles. The molecular weight excluding hydrogens is 199 g/mol. The van der Waals surface area contributed by atoms with Crippen molar-refractivity contribution < 1.29 is 28.3 Å². The molecule has 0 saturated carbocycles. The highest BCUT2D eigenvalue weighted by Gasteiger charge is 2.23. The molecule has 7 heteroatoms. The fraction of sp³-hybridized carbons (Fsp3) is 0.500. The van der Waals surface area contributed by atoms with Gasteiger partial charge < -0.3 is 4.89 Å². The summed E-state index contributed by atoms with van der Waals surface area (Å²) in [7, 11) is -4.25. The van der Waals surface area contributed by atoms with Crippen LogP contribution >= 0.6 is 7.82 Å². The molecule has 0 rings (SSSR count). The SMILES string of the molecule is CC=CC(=O)OOP(=O)(O)OCC. The molecule has 0 aliphatic heterocycles. The number of phosphoric acid groups is 1. The van der Waals surface area contributed by atoms with E-state index < -0.39 is 13.8 Å². The first-order valence-electron chi connectivity index (χ1n) is 3.52. The summed E-state index contributed by atoms with van der Waals surface area (Å²) in [6, 6.07) is 0. The maximum absolute atomic E-state index is 10.7. The Labute approximate surface area is 75.6 Å². The predicted molar refractivity (Wildman–Crippen MR) is 43.4 cm³/mol. The number of hydrogen-bond acceptors (Lipinski definition) is 5. The van der Waals surface area contributed by atoms with Crippen LogP contribution in [-0.2, 0) is 23.4 Å². The summed E-state index contributed by atoms with van der Waals surface area (Å²) in [5.74, 6) is -0.878. The molecule has 6 nitrogen and oxygen atoms in total. The van der Waals surface area contributed by atoms with Gasteiger partial charge in [-0.05, 0) is 13.8 Å². The number of hydrogen-bond donors (Lipinski definition) is 1. The fourth-order valence-corrected chi connectivity index (χ4v) is 0.969.